The van der Waals surface area contributed by atoms with E-state index < -0.39 is 0 Å². The molecule has 6 rings (SSSR count). The van der Waals surface area contributed by atoms with Crippen LogP contribution in [0.5, 0.6) is 0 Å². The van der Waals surface area contributed by atoms with Crippen LogP contribution in [0.15, 0.2) is 54.9 Å². The Bertz CT molecular complexity index is 1360. The van der Waals surface area contributed by atoms with E-state index >= 15 is 0 Å². The fourth-order valence-electron chi connectivity index (χ4n) is 4.55. The van der Waals surface area contributed by atoms with Crippen LogP contribution in [0.2, 0.25) is 0 Å². The number of ketones is 2. The first kappa shape index (κ1) is 18.8. The lowest BCUT2D eigenvalue weighted by Crippen LogP contribution is -2.46. The molecule has 4 aromatic rings. The molecule has 8 nitrogen and oxygen atoms in total. The van der Waals surface area contributed by atoms with Crippen LogP contribution in [0.4, 0.5) is 5.95 Å². The number of aromatic nitrogens is 4. The Kier molecular flexibility index (Phi) is 4.32. The summed E-state index contributed by atoms with van der Waals surface area (Å²) in [7, 11) is 0. The molecule has 1 saturated heterocycles. The van der Waals surface area contributed by atoms with E-state index in [1.165, 1.54) is 0 Å². The van der Waals surface area contributed by atoms with Gasteiger partial charge in [-0.25, -0.2) is 15.0 Å². The van der Waals surface area contributed by atoms with Crippen LogP contribution in [0, 0.1) is 0 Å². The molecule has 8 heteroatoms. The van der Waals surface area contributed by atoms with Crippen molar-refractivity contribution >= 4 is 28.5 Å². The number of hydrogen-bond acceptors (Lipinski definition) is 7. The van der Waals surface area contributed by atoms with E-state index in [0.717, 1.165) is 43.5 Å². The number of benzene rings is 2. The van der Waals surface area contributed by atoms with Crippen molar-refractivity contribution < 1.29 is 9.59 Å². The van der Waals surface area contributed by atoms with Gasteiger partial charge in [0.25, 0.3) is 0 Å². The number of carbonyl (C=O) groups is 2. The van der Waals surface area contributed by atoms with Crippen molar-refractivity contribution in [3.8, 4) is 0 Å². The molecule has 0 radical (unpaired) electrons. The predicted molar refractivity (Wildman–Crippen MR) is 119 cm³/mol. The number of piperazine rings is 1. The number of anilines is 1. The SMILES string of the molecule is O=C1c2ccccc2C(=O)c2c1ccc1[nH]c(CN3CCN(c4ncccn4)CC3)nc21. The Morgan fingerprint density at radius 3 is 2.28 bits per heavy atom. The molecule has 0 spiro atoms. The fourth-order valence-corrected chi connectivity index (χ4v) is 4.55. The number of hydrogen-bond donors (Lipinski definition) is 1. The summed E-state index contributed by atoms with van der Waals surface area (Å²) in [6.07, 6.45) is 3.52. The van der Waals surface area contributed by atoms with E-state index in [2.05, 4.69) is 24.8 Å². The van der Waals surface area contributed by atoms with E-state index in [4.69, 9.17) is 4.98 Å². The first-order valence-electron chi connectivity index (χ1n) is 10.6. The summed E-state index contributed by atoms with van der Waals surface area (Å²) in [6, 6.07) is 12.4. The number of aromatic amines is 1. The van der Waals surface area contributed by atoms with E-state index in [1.807, 2.05) is 12.1 Å². The fraction of sp³-hybridized carbons (Fsp3) is 0.208. The maximum atomic E-state index is 13.2. The minimum Gasteiger partial charge on any atom is -0.341 e. The highest BCUT2D eigenvalue weighted by Gasteiger charge is 2.32. The summed E-state index contributed by atoms with van der Waals surface area (Å²) in [6.45, 7) is 4.04. The van der Waals surface area contributed by atoms with Crippen LogP contribution in [0.25, 0.3) is 11.0 Å². The van der Waals surface area contributed by atoms with Gasteiger partial charge in [0.1, 0.15) is 11.3 Å². The average molecular weight is 424 g/mol. The van der Waals surface area contributed by atoms with Gasteiger partial charge in [0.05, 0.1) is 17.6 Å². The second-order valence-electron chi connectivity index (χ2n) is 8.08. The van der Waals surface area contributed by atoms with E-state index in [1.54, 1.807) is 42.7 Å². The van der Waals surface area contributed by atoms with Crippen LogP contribution in [0.3, 0.4) is 0 Å². The Labute approximate surface area is 183 Å². The zero-order chi connectivity index (χ0) is 21.7. The van der Waals surface area contributed by atoms with Crippen LogP contribution in [0.1, 0.15) is 37.7 Å². The topological polar surface area (TPSA) is 95.1 Å². The number of fused-ring (bicyclic) bond motifs is 4. The average Bonchev–Trinajstić information content (AvgIpc) is 3.25. The standard InChI is InChI=1S/C24H20N6O2/c31-22-15-4-1-2-5-16(15)23(32)20-17(22)6-7-18-21(20)28-19(27-18)14-29-10-12-30(13-11-29)24-25-8-3-9-26-24/h1-9H,10-14H2,(H,27,28). The smallest absolute Gasteiger partial charge is 0.225 e. The number of imidazole rings is 1. The van der Waals surface area contributed by atoms with Crippen molar-refractivity contribution in [3.63, 3.8) is 0 Å². The second-order valence-corrected chi connectivity index (χ2v) is 8.08. The van der Waals surface area contributed by atoms with Crippen molar-refractivity contribution in [3.05, 3.63) is 82.9 Å². The molecule has 1 fully saturated rings. The summed E-state index contributed by atoms with van der Waals surface area (Å²) in [5, 5.41) is 0. The zero-order valence-electron chi connectivity index (χ0n) is 17.3. The molecule has 0 atom stereocenters. The minimum atomic E-state index is -0.143. The van der Waals surface area contributed by atoms with Gasteiger partial charge in [-0.3, -0.25) is 14.5 Å². The largest absolute Gasteiger partial charge is 0.341 e. The van der Waals surface area contributed by atoms with Crippen LogP contribution in [-0.2, 0) is 6.54 Å². The number of nitrogens with zero attached hydrogens (tertiary/aromatic N) is 5. The molecule has 1 N–H and O–H groups in total. The van der Waals surface area contributed by atoms with Crippen molar-refractivity contribution in [2.24, 2.45) is 0 Å². The third-order valence-electron chi connectivity index (χ3n) is 6.17. The third kappa shape index (κ3) is 2.99. The normalized spacial score (nSPS) is 16.3. The maximum absolute atomic E-state index is 13.2. The zero-order valence-corrected chi connectivity index (χ0v) is 17.3. The maximum Gasteiger partial charge on any atom is 0.225 e. The summed E-state index contributed by atoms with van der Waals surface area (Å²) >= 11 is 0. The van der Waals surface area contributed by atoms with E-state index in [0.29, 0.717) is 34.3 Å². The monoisotopic (exact) mass is 424 g/mol. The number of carbonyl (C=O) groups excluding carboxylic acids is 2. The van der Waals surface area contributed by atoms with Gasteiger partial charge in [0.2, 0.25) is 5.95 Å². The van der Waals surface area contributed by atoms with Crippen LogP contribution < -0.4 is 4.90 Å². The van der Waals surface area contributed by atoms with E-state index in [-0.39, 0.29) is 11.6 Å². The van der Waals surface area contributed by atoms with Crippen molar-refractivity contribution in [2.45, 2.75) is 6.54 Å². The molecule has 2 aliphatic rings. The highest BCUT2D eigenvalue weighted by Crippen LogP contribution is 2.31. The van der Waals surface area contributed by atoms with Crippen molar-refractivity contribution in [1.82, 2.24) is 24.8 Å². The number of rotatable bonds is 3. The van der Waals surface area contributed by atoms with Gasteiger partial charge in [-0.15, -0.1) is 0 Å². The molecule has 3 heterocycles. The molecule has 32 heavy (non-hydrogen) atoms. The molecular formula is C24H20N6O2. The molecule has 1 aliphatic carbocycles. The molecule has 2 aromatic heterocycles. The highest BCUT2D eigenvalue weighted by atomic mass is 16.1. The van der Waals surface area contributed by atoms with Gasteiger partial charge in [-0.2, -0.15) is 0 Å². The van der Waals surface area contributed by atoms with Crippen molar-refractivity contribution in [1.29, 1.82) is 0 Å². The molecule has 0 bridgehead atoms. The first-order chi connectivity index (χ1) is 15.7. The Balaban J connectivity index is 1.26. The Hall–Kier alpha value is -3.91. The molecule has 0 saturated carbocycles. The molecule has 0 unspecified atom stereocenters. The molecule has 2 aromatic carbocycles. The Morgan fingerprint density at radius 1 is 0.812 bits per heavy atom. The lowest BCUT2D eigenvalue weighted by Gasteiger charge is -2.34. The summed E-state index contributed by atoms with van der Waals surface area (Å²) in [5.41, 5.74) is 3.08. The van der Waals surface area contributed by atoms with Gasteiger partial charge >= 0.3 is 0 Å². The van der Waals surface area contributed by atoms with Gasteiger partial charge < -0.3 is 9.88 Å². The summed E-state index contributed by atoms with van der Waals surface area (Å²) in [5.74, 6) is 1.28. The molecular weight excluding hydrogens is 404 g/mol. The van der Waals surface area contributed by atoms with Crippen LogP contribution >= 0.6 is 0 Å². The quantitative estimate of drug-likeness (QED) is 0.475. The third-order valence-corrected chi connectivity index (χ3v) is 6.17. The van der Waals surface area contributed by atoms with Gasteiger partial charge in [-0.05, 0) is 18.2 Å². The van der Waals surface area contributed by atoms with E-state index in [9.17, 15) is 9.59 Å². The Morgan fingerprint density at radius 2 is 1.53 bits per heavy atom. The summed E-state index contributed by atoms with van der Waals surface area (Å²) in [4.78, 5) is 47.4. The van der Waals surface area contributed by atoms with Gasteiger partial charge in [0.15, 0.2) is 11.6 Å². The summed E-state index contributed by atoms with van der Waals surface area (Å²) < 4.78 is 0. The lowest BCUT2D eigenvalue weighted by atomic mass is 9.83. The predicted octanol–water partition coefficient (Wildman–Crippen LogP) is 2.45. The highest BCUT2D eigenvalue weighted by molar-refractivity contribution is 6.31. The second kappa shape index (κ2) is 7.35. The molecule has 158 valence electrons. The number of nitrogens with one attached hydrogen (secondary N) is 1. The first-order valence-corrected chi connectivity index (χ1v) is 10.6. The molecule has 0 amide bonds. The van der Waals surface area contributed by atoms with Gasteiger partial charge in [-0.1, -0.05) is 24.3 Å². The molecule has 1 aliphatic heterocycles. The minimum absolute atomic E-state index is 0.124. The number of H-pyrrole nitrogens is 1. The van der Waals surface area contributed by atoms with Crippen molar-refractivity contribution in [2.75, 3.05) is 31.1 Å². The van der Waals surface area contributed by atoms with Crippen LogP contribution in [-0.4, -0.2) is 62.6 Å². The van der Waals surface area contributed by atoms with Gasteiger partial charge in [0, 0.05) is 55.3 Å². The lowest BCUT2D eigenvalue weighted by molar-refractivity contribution is 0.0980.